The van der Waals surface area contributed by atoms with Gasteiger partial charge in [0.1, 0.15) is 5.75 Å². The highest BCUT2D eigenvalue weighted by molar-refractivity contribution is 6.41. The average molecular weight is 504 g/mol. The molecule has 0 heterocycles. The topological polar surface area (TPSA) is 96.9 Å². The first kappa shape index (κ1) is 25.4. The van der Waals surface area contributed by atoms with Gasteiger partial charge in [-0.3, -0.25) is 9.59 Å². The second-order valence-corrected chi connectivity index (χ2v) is 7.53. The standard InChI is InChI=1S/C24H17ClF3N3O4/c1-14-4-2-3-5-18(14)23(34)35-17-9-6-15(7-10-17)13-29-31-22(33)21(32)30-20-12-16(24(26,27)28)8-11-19(20)25/h2-13H,1H3,(H,30,32)(H,31,33)/b29-13+. The molecule has 0 fully saturated rings. The minimum Gasteiger partial charge on any atom is -0.423 e. The van der Waals surface area contributed by atoms with Gasteiger partial charge in [0.05, 0.1) is 28.1 Å². The van der Waals surface area contributed by atoms with Crippen molar-refractivity contribution in [3.05, 3.63) is 94.0 Å². The molecule has 2 N–H and O–H groups in total. The number of hydrazone groups is 1. The van der Waals surface area contributed by atoms with Crippen LogP contribution in [0.1, 0.15) is 27.0 Å². The predicted octanol–water partition coefficient (Wildman–Crippen LogP) is 4.98. The number of alkyl halides is 3. The van der Waals surface area contributed by atoms with Crippen LogP contribution in [-0.4, -0.2) is 24.0 Å². The Bertz CT molecular complexity index is 1290. The van der Waals surface area contributed by atoms with Crippen molar-refractivity contribution >= 4 is 41.3 Å². The fourth-order valence-electron chi connectivity index (χ4n) is 2.78. The van der Waals surface area contributed by atoms with Gasteiger partial charge in [-0.25, -0.2) is 10.2 Å². The molecule has 7 nitrogen and oxygen atoms in total. The van der Waals surface area contributed by atoms with Gasteiger partial charge in [-0.05, 0) is 66.6 Å². The molecule has 0 bridgehead atoms. The number of nitrogens with zero attached hydrogens (tertiary/aromatic N) is 1. The molecule has 3 aromatic rings. The predicted molar refractivity (Wildman–Crippen MR) is 123 cm³/mol. The minimum atomic E-state index is -4.65. The van der Waals surface area contributed by atoms with Gasteiger partial charge in [0.15, 0.2) is 0 Å². The Balaban J connectivity index is 1.55. The Morgan fingerprint density at radius 2 is 1.66 bits per heavy atom. The van der Waals surface area contributed by atoms with Crippen molar-refractivity contribution in [1.82, 2.24) is 5.43 Å². The Kier molecular flexibility index (Phi) is 7.87. The lowest BCUT2D eigenvalue weighted by molar-refractivity contribution is -0.137. The Morgan fingerprint density at radius 1 is 0.971 bits per heavy atom. The van der Waals surface area contributed by atoms with Crippen molar-refractivity contribution in [2.45, 2.75) is 13.1 Å². The fraction of sp³-hybridized carbons (Fsp3) is 0.0833. The minimum absolute atomic E-state index is 0.175. The van der Waals surface area contributed by atoms with Crippen molar-refractivity contribution in [2.75, 3.05) is 5.32 Å². The number of hydrogen-bond acceptors (Lipinski definition) is 5. The van der Waals surface area contributed by atoms with Crippen LogP contribution in [0.25, 0.3) is 0 Å². The molecule has 2 amide bonds. The first-order valence-corrected chi connectivity index (χ1v) is 10.3. The molecule has 0 spiro atoms. The summed E-state index contributed by atoms with van der Waals surface area (Å²) < 4.78 is 43.8. The third kappa shape index (κ3) is 6.90. The van der Waals surface area contributed by atoms with E-state index in [9.17, 15) is 27.6 Å². The number of hydrogen-bond donors (Lipinski definition) is 2. The zero-order valence-electron chi connectivity index (χ0n) is 18.0. The first-order valence-electron chi connectivity index (χ1n) is 9.93. The maximum atomic E-state index is 12.8. The maximum Gasteiger partial charge on any atom is 0.416 e. The van der Waals surface area contributed by atoms with E-state index in [0.717, 1.165) is 17.7 Å². The van der Waals surface area contributed by atoms with Gasteiger partial charge in [-0.1, -0.05) is 29.8 Å². The molecule has 0 unspecified atom stereocenters. The number of carbonyl (C=O) groups excluding carboxylic acids is 3. The Labute approximate surface area is 202 Å². The lowest BCUT2D eigenvalue weighted by atomic mass is 10.1. The summed E-state index contributed by atoms with van der Waals surface area (Å²) in [5.74, 6) is -2.71. The summed E-state index contributed by atoms with van der Waals surface area (Å²) >= 11 is 5.79. The molecule has 0 saturated heterocycles. The number of halogens is 4. The van der Waals surface area contributed by atoms with Crippen LogP contribution < -0.4 is 15.5 Å². The highest BCUT2D eigenvalue weighted by Crippen LogP contribution is 2.33. The molecule has 0 saturated carbocycles. The third-order valence-corrected chi connectivity index (χ3v) is 4.91. The van der Waals surface area contributed by atoms with Crippen molar-refractivity contribution in [3.63, 3.8) is 0 Å². The SMILES string of the molecule is Cc1ccccc1C(=O)Oc1ccc(/C=N/NC(=O)C(=O)Nc2cc(C(F)(F)F)ccc2Cl)cc1. The molecule has 0 aliphatic carbocycles. The Hall–Kier alpha value is -4.18. The van der Waals surface area contributed by atoms with Crippen LogP contribution >= 0.6 is 11.6 Å². The number of aryl methyl sites for hydroxylation is 1. The summed E-state index contributed by atoms with van der Waals surface area (Å²) in [5.41, 5.74) is 2.26. The number of ether oxygens (including phenoxy) is 1. The molecule has 11 heteroatoms. The zero-order chi connectivity index (χ0) is 25.6. The molecular formula is C24H17ClF3N3O4. The number of anilines is 1. The summed E-state index contributed by atoms with van der Waals surface area (Å²) in [6.07, 6.45) is -3.43. The quantitative estimate of drug-likeness (QED) is 0.169. The van der Waals surface area contributed by atoms with Crippen molar-refractivity contribution in [2.24, 2.45) is 5.10 Å². The van der Waals surface area contributed by atoms with E-state index in [-0.39, 0.29) is 16.5 Å². The van der Waals surface area contributed by atoms with E-state index in [1.165, 1.54) is 18.3 Å². The van der Waals surface area contributed by atoms with Crippen LogP contribution in [0.2, 0.25) is 5.02 Å². The van der Waals surface area contributed by atoms with Crippen LogP contribution in [-0.2, 0) is 15.8 Å². The van der Waals surface area contributed by atoms with Gasteiger partial charge in [-0.15, -0.1) is 0 Å². The third-order valence-electron chi connectivity index (χ3n) is 4.58. The van der Waals surface area contributed by atoms with Gasteiger partial charge in [0.2, 0.25) is 0 Å². The number of esters is 1. The highest BCUT2D eigenvalue weighted by atomic mass is 35.5. The van der Waals surface area contributed by atoms with E-state index < -0.39 is 29.5 Å². The summed E-state index contributed by atoms with van der Waals surface area (Å²) in [5, 5.41) is 5.46. The lowest BCUT2D eigenvalue weighted by Gasteiger charge is -2.11. The van der Waals surface area contributed by atoms with E-state index in [0.29, 0.717) is 17.2 Å². The molecule has 0 aromatic heterocycles. The average Bonchev–Trinajstić information content (AvgIpc) is 2.81. The molecular weight excluding hydrogens is 487 g/mol. The van der Waals surface area contributed by atoms with Gasteiger partial charge < -0.3 is 10.1 Å². The van der Waals surface area contributed by atoms with E-state index in [2.05, 4.69) is 5.10 Å². The van der Waals surface area contributed by atoms with Crippen LogP contribution in [0, 0.1) is 6.92 Å². The largest absolute Gasteiger partial charge is 0.423 e. The van der Waals surface area contributed by atoms with Crippen LogP contribution in [0.5, 0.6) is 5.75 Å². The van der Waals surface area contributed by atoms with Gasteiger partial charge >= 0.3 is 24.0 Å². The number of benzene rings is 3. The van der Waals surface area contributed by atoms with Crippen molar-refractivity contribution < 1.29 is 32.3 Å². The molecule has 0 radical (unpaired) electrons. The summed E-state index contributed by atoms with van der Waals surface area (Å²) in [7, 11) is 0. The van der Waals surface area contributed by atoms with E-state index in [1.807, 2.05) is 16.8 Å². The van der Waals surface area contributed by atoms with E-state index in [4.69, 9.17) is 16.3 Å². The second-order valence-electron chi connectivity index (χ2n) is 7.12. The first-order chi connectivity index (χ1) is 16.5. The smallest absolute Gasteiger partial charge is 0.416 e. The van der Waals surface area contributed by atoms with Crippen molar-refractivity contribution in [1.29, 1.82) is 0 Å². The highest BCUT2D eigenvalue weighted by Gasteiger charge is 2.31. The zero-order valence-corrected chi connectivity index (χ0v) is 18.8. The number of carbonyl (C=O) groups is 3. The molecule has 3 aromatic carbocycles. The normalized spacial score (nSPS) is 11.2. The van der Waals surface area contributed by atoms with E-state index >= 15 is 0 Å². The van der Waals surface area contributed by atoms with Crippen molar-refractivity contribution in [3.8, 4) is 5.75 Å². The van der Waals surface area contributed by atoms with Crippen LogP contribution in [0.3, 0.4) is 0 Å². The van der Waals surface area contributed by atoms with Gasteiger partial charge in [0, 0.05) is 0 Å². The van der Waals surface area contributed by atoms with E-state index in [1.54, 1.807) is 37.3 Å². The molecule has 0 aliphatic rings. The lowest BCUT2D eigenvalue weighted by Crippen LogP contribution is -2.32. The maximum absolute atomic E-state index is 12.8. The number of amides is 2. The summed E-state index contributed by atoms with van der Waals surface area (Å²) in [4.78, 5) is 36.1. The fourth-order valence-corrected chi connectivity index (χ4v) is 2.94. The summed E-state index contributed by atoms with van der Waals surface area (Å²) in [6.45, 7) is 1.79. The molecule has 35 heavy (non-hydrogen) atoms. The van der Waals surface area contributed by atoms with Gasteiger partial charge in [0.25, 0.3) is 0 Å². The second kappa shape index (κ2) is 10.8. The number of nitrogens with one attached hydrogen (secondary N) is 2. The number of rotatable bonds is 5. The molecule has 0 atom stereocenters. The summed E-state index contributed by atoms with van der Waals surface area (Å²) in [6, 6.07) is 15.4. The van der Waals surface area contributed by atoms with Crippen LogP contribution in [0.15, 0.2) is 71.8 Å². The molecule has 3 rings (SSSR count). The molecule has 180 valence electrons. The van der Waals surface area contributed by atoms with Gasteiger partial charge in [-0.2, -0.15) is 18.3 Å². The monoisotopic (exact) mass is 503 g/mol. The molecule has 0 aliphatic heterocycles. The Morgan fingerprint density at radius 3 is 2.31 bits per heavy atom. The van der Waals surface area contributed by atoms with Crippen LogP contribution in [0.4, 0.5) is 18.9 Å².